The minimum atomic E-state index is -4.77. The van der Waals surface area contributed by atoms with E-state index in [2.05, 4.69) is 20.0 Å². The third kappa shape index (κ3) is 5.79. The van der Waals surface area contributed by atoms with Crippen LogP contribution < -0.4 is 15.6 Å². The zero-order chi connectivity index (χ0) is 21.0. The largest absolute Gasteiger partial charge is 0.573 e. The molecular weight excluding hydrogens is 389 g/mol. The maximum absolute atomic E-state index is 12.2. The fourth-order valence-corrected chi connectivity index (χ4v) is 2.71. The van der Waals surface area contributed by atoms with E-state index in [4.69, 9.17) is 0 Å². The Hall–Kier alpha value is -3.40. The predicted octanol–water partition coefficient (Wildman–Crippen LogP) is 2.89. The summed E-state index contributed by atoms with van der Waals surface area (Å²) in [6, 6.07) is 11.8. The van der Waals surface area contributed by atoms with Crippen LogP contribution in [0.25, 0.3) is 10.9 Å². The normalized spacial score (nSPS) is 11.6. The van der Waals surface area contributed by atoms with E-state index in [1.165, 1.54) is 12.1 Å². The van der Waals surface area contributed by atoms with E-state index >= 15 is 0 Å². The lowest BCUT2D eigenvalue weighted by Gasteiger charge is -2.16. The van der Waals surface area contributed by atoms with Gasteiger partial charge in [-0.05, 0) is 43.4 Å². The molecule has 0 aliphatic heterocycles. The summed E-state index contributed by atoms with van der Waals surface area (Å²) in [5.41, 5.74) is 0.630. The molecule has 7 nitrogen and oxygen atoms in total. The summed E-state index contributed by atoms with van der Waals surface area (Å²) >= 11 is 0. The summed E-state index contributed by atoms with van der Waals surface area (Å²) in [6.45, 7) is 0.212. The van der Waals surface area contributed by atoms with Crippen molar-refractivity contribution in [2.75, 3.05) is 18.9 Å². The average Bonchev–Trinajstić information content (AvgIpc) is 2.62. The number of fused-ring (bicyclic) bond motifs is 1. The zero-order valence-electron chi connectivity index (χ0n) is 15.3. The number of nitrogens with one attached hydrogen (secondary N) is 2. The standard InChI is InChI=1S/C19H17F3N4O3/c1-26(10-16-24-15-5-3-2-4-14(15)18(28)25-16)11-17(27)23-12-6-8-13(9-7-12)29-19(20,21)22/h2-9H,10-11H2,1H3,(H,23,27)(H,24,25,28). The van der Waals surface area contributed by atoms with Crippen molar-refractivity contribution < 1.29 is 22.7 Å². The molecule has 2 aromatic carbocycles. The highest BCUT2D eigenvalue weighted by Gasteiger charge is 2.30. The second-order valence-corrected chi connectivity index (χ2v) is 6.32. The Morgan fingerprint density at radius 2 is 1.86 bits per heavy atom. The summed E-state index contributed by atoms with van der Waals surface area (Å²) in [5.74, 6) is -0.336. The van der Waals surface area contributed by atoms with Crippen LogP contribution in [-0.4, -0.2) is 40.7 Å². The van der Waals surface area contributed by atoms with Crippen LogP contribution in [0, 0.1) is 0 Å². The lowest BCUT2D eigenvalue weighted by atomic mass is 10.2. The monoisotopic (exact) mass is 406 g/mol. The summed E-state index contributed by atoms with van der Waals surface area (Å²) in [5, 5.41) is 3.06. The van der Waals surface area contributed by atoms with Gasteiger partial charge in [0.2, 0.25) is 5.91 Å². The smallest absolute Gasteiger partial charge is 0.406 e. The van der Waals surface area contributed by atoms with Gasteiger partial charge in [0.05, 0.1) is 24.0 Å². The lowest BCUT2D eigenvalue weighted by molar-refractivity contribution is -0.274. The number of nitrogens with zero attached hydrogens (tertiary/aromatic N) is 2. The number of aromatic nitrogens is 2. The first-order valence-electron chi connectivity index (χ1n) is 8.52. The number of alkyl halides is 3. The third-order valence-corrected chi connectivity index (χ3v) is 3.87. The van der Waals surface area contributed by atoms with E-state index in [1.54, 1.807) is 36.2 Å². The number of halogens is 3. The number of H-pyrrole nitrogens is 1. The number of hydrogen-bond donors (Lipinski definition) is 2. The number of benzene rings is 2. The van der Waals surface area contributed by atoms with Crippen molar-refractivity contribution in [3.63, 3.8) is 0 Å². The SMILES string of the molecule is CN(CC(=O)Nc1ccc(OC(F)(F)F)cc1)Cc1nc2ccccc2c(=O)[nH]1. The van der Waals surface area contributed by atoms with Gasteiger partial charge in [0.25, 0.3) is 5.56 Å². The van der Waals surface area contributed by atoms with Gasteiger partial charge in [0.1, 0.15) is 11.6 Å². The molecule has 0 aliphatic rings. The van der Waals surface area contributed by atoms with Crippen LogP contribution in [0.3, 0.4) is 0 Å². The van der Waals surface area contributed by atoms with Gasteiger partial charge in [-0.25, -0.2) is 4.98 Å². The Morgan fingerprint density at radius 3 is 2.55 bits per heavy atom. The number of likely N-dealkylation sites (N-methyl/N-ethyl adjacent to an activating group) is 1. The van der Waals surface area contributed by atoms with Crippen molar-refractivity contribution in [1.29, 1.82) is 0 Å². The van der Waals surface area contributed by atoms with E-state index in [9.17, 15) is 22.8 Å². The predicted molar refractivity (Wildman–Crippen MR) is 100 cm³/mol. The van der Waals surface area contributed by atoms with Gasteiger partial charge in [0, 0.05) is 5.69 Å². The average molecular weight is 406 g/mol. The highest BCUT2D eigenvalue weighted by molar-refractivity contribution is 5.92. The Morgan fingerprint density at radius 1 is 1.17 bits per heavy atom. The van der Waals surface area contributed by atoms with Crippen molar-refractivity contribution in [1.82, 2.24) is 14.9 Å². The number of carbonyl (C=O) groups excluding carboxylic acids is 1. The molecule has 0 radical (unpaired) electrons. The van der Waals surface area contributed by atoms with Crippen molar-refractivity contribution >= 4 is 22.5 Å². The molecule has 0 unspecified atom stereocenters. The van der Waals surface area contributed by atoms with Gasteiger partial charge >= 0.3 is 6.36 Å². The molecule has 10 heteroatoms. The number of anilines is 1. The fraction of sp³-hybridized carbons (Fsp3) is 0.211. The lowest BCUT2D eigenvalue weighted by Crippen LogP contribution is -2.31. The molecule has 1 heterocycles. The molecule has 1 amide bonds. The topological polar surface area (TPSA) is 87.3 Å². The van der Waals surface area contributed by atoms with Crippen LogP contribution in [0.15, 0.2) is 53.3 Å². The Kier molecular flexibility index (Phi) is 5.83. The zero-order valence-corrected chi connectivity index (χ0v) is 15.3. The van der Waals surface area contributed by atoms with Gasteiger partial charge < -0.3 is 15.0 Å². The third-order valence-electron chi connectivity index (χ3n) is 3.87. The molecule has 29 heavy (non-hydrogen) atoms. The number of carbonyl (C=O) groups is 1. The fourth-order valence-electron chi connectivity index (χ4n) is 2.71. The highest BCUT2D eigenvalue weighted by Crippen LogP contribution is 2.23. The minimum Gasteiger partial charge on any atom is -0.406 e. The summed E-state index contributed by atoms with van der Waals surface area (Å²) < 4.78 is 40.3. The molecule has 0 atom stereocenters. The van der Waals surface area contributed by atoms with Gasteiger partial charge in [-0.1, -0.05) is 12.1 Å². The van der Waals surface area contributed by atoms with Crippen LogP contribution in [-0.2, 0) is 11.3 Å². The summed E-state index contributed by atoms with van der Waals surface area (Å²) in [6.07, 6.45) is -4.77. The van der Waals surface area contributed by atoms with Crippen molar-refractivity contribution in [2.24, 2.45) is 0 Å². The molecule has 2 N–H and O–H groups in total. The van der Waals surface area contributed by atoms with Crippen molar-refractivity contribution in [3.8, 4) is 5.75 Å². The molecule has 0 spiro atoms. The molecule has 3 aromatic rings. The summed E-state index contributed by atoms with van der Waals surface area (Å²) in [4.78, 5) is 32.9. The number of amides is 1. The molecular formula is C19H17F3N4O3. The van der Waals surface area contributed by atoms with Crippen LogP contribution >= 0.6 is 0 Å². The molecule has 0 bridgehead atoms. The molecule has 0 fully saturated rings. The van der Waals surface area contributed by atoms with E-state index in [0.29, 0.717) is 22.4 Å². The first-order valence-corrected chi connectivity index (χ1v) is 8.52. The summed E-state index contributed by atoms with van der Waals surface area (Å²) in [7, 11) is 1.68. The van der Waals surface area contributed by atoms with Gasteiger partial charge in [-0.2, -0.15) is 0 Å². The molecule has 152 valence electrons. The first kappa shape index (κ1) is 20.3. The molecule has 0 aliphatic carbocycles. The molecule has 0 saturated carbocycles. The van der Waals surface area contributed by atoms with Crippen LogP contribution in [0.5, 0.6) is 5.75 Å². The molecule has 0 saturated heterocycles. The minimum absolute atomic E-state index is 0.0165. The molecule has 3 rings (SSSR count). The van der Waals surface area contributed by atoms with Crippen LogP contribution in [0.1, 0.15) is 5.82 Å². The van der Waals surface area contributed by atoms with Gasteiger partial charge in [0.15, 0.2) is 0 Å². The van der Waals surface area contributed by atoms with Crippen molar-refractivity contribution in [2.45, 2.75) is 12.9 Å². The van der Waals surface area contributed by atoms with E-state index in [0.717, 1.165) is 12.1 Å². The number of ether oxygens (including phenoxy) is 1. The highest BCUT2D eigenvalue weighted by atomic mass is 19.4. The quantitative estimate of drug-likeness (QED) is 0.657. The Bertz CT molecular complexity index is 1060. The van der Waals surface area contributed by atoms with Gasteiger partial charge in [-0.15, -0.1) is 13.2 Å². The Balaban J connectivity index is 1.57. The van der Waals surface area contributed by atoms with Crippen molar-refractivity contribution in [3.05, 3.63) is 64.7 Å². The maximum Gasteiger partial charge on any atom is 0.573 e. The van der Waals surface area contributed by atoms with E-state index in [1.807, 2.05) is 0 Å². The number of hydrogen-bond acceptors (Lipinski definition) is 5. The number of rotatable bonds is 6. The Labute approximate surface area is 163 Å². The molecule has 1 aromatic heterocycles. The first-order chi connectivity index (χ1) is 13.7. The van der Waals surface area contributed by atoms with Gasteiger partial charge in [-0.3, -0.25) is 14.5 Å². The number of para-hydroxylation sites is 1. The number of aromatic amines is 1. The second kappa shape index (κ2) is 8.31. The van der Waals surface area contributed by atoms with E-state index in [-0.39, 0.29) is 30.3 Å². The van der Waals surface area contributed by atoms with E-state index < -0.39 is 6.36 Å². The maximum atomic E-state index is 12.2. The van der Waals surface area contributed by atoms with Crippen LogP contribution in [0.4, 0.5) is 18.9 Å². The second-order valence-electron chi connectivity index (χ2n) is 6.32. The van der Waals surface area contributed by atoms with Crippen LogP contribution in [0.2, 0.25) is 0 Å².